The van der Waals surface area contributed by atoms with Gasteiger partial charge in [-0.05, 0) is 30.3 Å². The molecule has 0 aliphatic carbocycles. The molecule has 2 N–H and O–H groups in total. The molecule has 0 aliphatic rings. The number of aromatic nitrogens is 2. The molecule has 2 heterocycles. The van der Waals surface area contributed by atoms with Crippen molar-refractivity contribution in [1.82, 2.24) is 9.97 Å². The van der Waals surface area contributed by atoms with Gasteiger partial charge >= 0.3 is 5.97 Å². The van der Waals surface area contributed by atoms with Gasteiger partial charge in [0.2, 0.25) is 5.43 Å². The molecule has 0 bridgehead atoms. The average molecular weight is 240 g/mol. The van der Waals surface area contributed by atoms with Gasteiger partial charge in [-0.15, -0.1) is 0 Å². The lowest BCUT2D eigenvalue weighted by molar-refractivity contribution is 0.0697. The van der Waals surface area contributed by atoms with Gasteiger partial charge in [0.25, 0.3) is 0 Å². The van der Waals surface area contributed by atoms with Crippen molar-refractivity contribution in [3.63, 3.8) is 0 Å². The van der Waals surface area contributed by atoms with Crippen molar-refractivity contribution >= 4 is 27.9 Å². The quantitative estimate of drug-likeness (QED) is 0.635. The highest BCUT2D eigenvalue weighted by molar-refractivity contribution is 5.96. The van der Waals surface area contributed by atoms with Gasteiger partial charge in [0, 0.05) is 11.6 Å². The smallest absolute Gasteiger partial charge is 0.335 e. The predicted molar refractivity (Wildman–Crippen MR) is 66.8 cm³/mol. The Bertz CT molecular complexity index is 836. The van der Waals surface area contributed by atoms with Crippen LogP contribution in [-0.2, 0) is 0 Å². The molecule has 0 atom stereocenters. The Hall–Kier alpha value is -2.69. The number of fused-ring (bicyclic) bond motifs is 2. The highest BCUT2D eigenvalue weighted by atomic mass is 16.4. The zero-order chi connectivity index (χ0) is 12.7. The molecule has 0 aliphatic heterocycles. The van der Waals surface area contributed by atoms with E-state index in [9.17, 15) is 9.59 Å². The number of aromatic amines is 1. The SMILES string of the molecule is O=C(O)c1ccc2c(=O)c3ncccc3[nH]c2c1. The Morgan fingerprint density at radius 1 is 1.22 bits per heavy atom. The van der Waals surface area contributed by atoms with Crippen molar-refractivity contribution in [1.29, 1.82) is 0 Å². The fourth-order valence-electron chi connectivity index (χ4n) is 1.94. The number of hydrogen-bond donors (Lipinski definition) is 2. The van der Waals surface area contributed by atoms with E-state index in [2.05, 4.69) is 9.97 Å². The van der Waals surface area contributed by atoms with Gasteiger partial charge in [-0.2, -0.15) is 0 Å². The van der Waals surface area contributed by atoms with E-state index in [0.717, 1.165) is 0 Å². The third-order valence-corrected chi connectivity index (χ3v) is 2.80. The van der Waals surface area contributed by atoms with Crippen molar-refractivity contribution in [2.75, 3.05) is 0 Å². The summed E-state index contributed by atoms with van der Waals surface area (Å²) in [7, 11) is 0. The van der Waals surface area contributed by atoms with Crippen LogP contribution >= 0.6 is 0 Å². The molecule has 2 aromatic heterocycles. The van der Waals surface area contributed by atoms with E-state index in [-0.39, 0.29) is 11.0 Å². The van der Waals surface area contributed by atoms with Crippen molar-refractivity contribution in [3.8, 4) is 0 Å². The minimum absolute atomic E-state index is 0.140. The lowest BCUT2D eigenvalue weighted by atomic mass is 10.1. The first-order valence-electron chi connectivity index (χ1n) is 5.31. The van der Waals surface area contributed by atoms with Crippen molar-refractivity contribution in [3.05, 3.63) is 52.3 Å². The number of H-pyrrole nitrogens is 1. The van der Waals surface area contributed by atoms with Crippen LogP contribution in [0.2, 0.25) is 0 Å². The molecule has 5 nitrogen and oxygen atoms in total. The van der Waals surface area contributed by atoms with E-state index >= 15 is 0 Å². The Morgan fingerprint density at radius 2 is 2.06 bits per heavy atom. The number of nitrogens with one attached hydrogen (secondary N) is 1. The van der Waals surface area contributed by atoms with E-state index in [4.69, 9.17) is 5.11 Å². The number of benzene rings is 1. The summed E-state index contributed by atoms with van der Waals surface area (Å²) in [6.07, 6.45) is 1.55. The molecule has 5 heteroatoms. The van der Waals surface area contributed by atoms with Crippen molar-refractivity contribution in [2.24, 2.45) is 0 Å². The fourth-order valence-corrected chi connectivity index (χ4v) is 1.94. The summed E-state index contributed by atoms with van der Waals surface area (Å²) in [6.45, 7) is 0. The molecule has 1 aromatic carbocycles. The number of carboxylic acid groups (broad SMARTS) is 1. The Labute approximate surface area is 101 Å². The predicted octanol–water partition coefficient (Wildman–Crippen LogP) is 1.77. The number of pyridine rings is 2. The number of aromatic carboxylic acids is 1. The van der Waals surface area contributed by atoms with Crippen LogP contribution in [0.1, 0.15) is 10.4 Å². The first-order chi connectivity index (χ1) is 8.66. The van der Waals surface area contributed by atoms with Gasteiger partial charge in [-0.25, -0.2) is 4.79 Å². The summed E-state index contributed by atoms with van der Waals surface area (Å²) in [6, 6.07) is 7.81. The van der Waals surface area contributed by atoms with Gasteiger partial charge < -0.3 is 10.1 Å². The summed E-state index contributed by atoms with van der Waals surface area (Å²) >= 11 is 0. The van der Waals surface area contributed by atoms with Crippen LogP contribution < -0.4 is 5.43 Å². The summed E-state index contributed by atoms with van der Waals surface area (Å²) in [5, 5.41) is 9.36. The molecule has 0 spiro atoms. The fraction of sp³-hybridized carbons (Fsp3) is 0. The van der Waals surface area contributed by atoms with Crippen LogP contribution in [0.25, 0.3) is 21.9 Å². The van der Waals surface area contributed by atoms with Crippen LogP contribution in [0.15, 0.2) is 41.3 Å². The zero-order valence-electron chi connectivity index (χ0n) is 9.18. The normalized spacial score (nSPS) is 10.9. The molecule has 3 rings (SSSR count). The lowest BCUT2D eigenvalue weighted by Crippen LogP contribution is -2.07. The van der Waals surface area contributed by atoms with Gasteiger partial charge in [0.05, 0.1) is 16.6 Å². The summed E-state index contributed by atoms with van der Waals surface area (Å²) < 4.78 is 0. The summed E-state index contributed by atoms with van der Waals surface area (Å²) in [4.78, 5) is 30.1. The molecule has 0 radical (unpaired) electrons. The Morgan fingerprint density at radius 3 is 2.83 bits per heavy atom. The van der Waals surface area contributed by atoms with Crippen LogP contribution in [0.3, 0.4) is 0 Å². The van der Waals surface area contributed by atoms with Crippen molar-refractivity contribution in [2.45, 2.75) is 0 Å². The lowest BCUT2D eigenvalue weighted by Gasteiger charge is -2.02. The monoisotopic (exact) mass is 240 g/mol. The standard InChI is InChI=1S/C13H8N2O3/c16-12-8-4-3-7(13(17)18)6-10(8)15-9-2-1-5-14-11(9)12/h1-6H,(H,15,16)(H,17,18). The number of nitrogens with zero attached hydrogens (tertiary/aromatic N) is 1. The minimum atomic E-state index is -1.02. The third-order valence-electron chi connectivity index (χ3n) is 2.80. The van der Waals surface area contributed by atoms with Gasteiger partial charge in [0.1, 0.15) is 5.52 Å². The molecular weight excluding hydrogens is 232 g/mol. The Balaban J connectivity index is 2.48. The third kappa shape index (κ3) is 1.45. The number of hydrogen-bond acceptors (Lipinski definition) is 3. The van der Waals surface area contributed by atoms with Crippen LogP contribution in [-0.4, -0.2) is 21.0 Å². The highest BCUT2D eigenvalue weighted by Gasteiger charge is 2.09. The van der Waals surface area contributed by atoms with E-state index in [1.165, 1.54) is 18.2 Å². The van der Waals surface area contributed by atoms with E-state index in [1.807, 2.05) is 0 Å². The molecule has 0 fully saturated rings. The molecule has 88 valence electrons. The topological polar surface area (TPSA) is 83.0 Å². The highest BCUT2D eigenvalue weighted by Crippen LogP contribution is 2.14. The molecule has 0 saturated carbocycles. The van der Waals surface area contributed by atoms with Crippen LogP contribution in [0.4, 0.5) is 0 Å². The summed E-state index contributed by atoms with van der Waals surface area (Å²) in [5.41, 5.74) is 1.39. The van der Waals surface area contributed by atoms with Gasteiger partial charge in [0.15, 0.2) is 0 Å². The first kappa shape index (κ1) is 10.5. The van der Waals surface area contributed by atoms with Gasteiger partial charge in [-0.1, -0.05) is 0 Å². The molecule has 18 heavy (non-hydrogen) atoms. The second-order valence-electron chi connectivity index (χ2n) is 3.92. The second kappa shape index (κ2) is 3.66. The second-order valence-corrected chi connectivity index (χ2v) is 3.92. The molecule has 0 unspecified atom stereocenters. The maximum Gasteiger partial charge on any atom is 0.335 e. The number of carbonyl (C=O) groups is 1. The average Bonchev–Trinajstić information content (AvgIpc) is 2.38. The molecule has 0 saturated heterocycles. The maximum atomic E-state index is 12.1. The van der Waals surface area contributed by atoms with E-state index < -0.39 is 5.97 Å². The molecular formula is C13H8N2O3. The van der Waals surface area contributed by atoms with E-state index in [1.54, 1.807) is 18.3 Å². The van der Waals surface area contributed by atoms with E-state index in [0.29, 0.717) is 21.9 Å². The largest absolute Gasteiger partial charge is 0.478 e. The molecule has 0 amide bonds. The zero-order valence-corrected chi connectivity index (χ0v) is 9.18. The summed E-state index contributed by atoms with van der Waals surface area (Å²) in [5.74, 6) is -1.02. The molecule has 3 aromatic rings. The first-order valence-corrected chi connectivity index (χ1v) is 5.31. The minimum Gasteiger partial charge on any atom is -0.478 e. The Kier molecular flexibility index (Phi) is 2.13. The van der Waals surface area contributed by atoms with Crippen LogP contribution in [0.5, 0.6) is 0 Å². The van der Waals surface area contributed by atoms with Crippen molar-refractivity contribution < 1.29 is 9.90 Å². The number of carboxylic acids is 1. The number of rotatable bonds is 1. The van der Waals surface area contributed by atoms with Gasteiger partial charge in [-0.3, -0.25) is 9.78 Å². The van der Waals surface area contributed by atoms with Crippen LogP contribution in [0, 0.1) is 0 Å². The maximum absolute atomic E-state index is 12.1.